The van der Waals surface area contributed by atoms with E-state index in [0.29, 0.717) is 11.8 Å². The molecule has 186 valence electrons. The predicted molar refractivity (Wildman–Crippen MR) is 135 cm³/mol. The molecule has 8 heteroatoms. The summed E-state index contributed by atoms with van der Waals surface area (Å²) in [5.41, 5.74) is 1.67. The van der Waals surface area contributed by atoms with Crippen molar-refractivity contribution in [1.29, 1.82) is 0 Å². The maximum atomic E-state index is 12.9. The topological polar surface area (TPSA) is 92.3 Å². The van der Waals surface area contributed by atoms with E-state index in [2.05, 4.69) is 23.3 Å². The van der Waals surface area contributed by atoms with E-state index in [9.17, 15) is 16.8 Å². The van der Waals surface area contributed by atoms with Gasteiger partial charge in [-0.2, -0.15) is 0 Å². The summed E-state index contributed by atoms with van der Waals surface area (Å²) in [6.07, 6.45) is 8.27. The van der Waals surface area contributed by atoms with E-state index in [4.69, 9.17) is 0 Å². The van der Waals surface area contributed by atoms with Crippen LogP contribution in [0.4, 0.5) is 0 Å². The highest BCUT2D eigenvalue weighted by Gasteiger charge is 2.28. The monoisotopic (exact) mass is 504 g/mol. The first-order chi connectivity index (χ1) is 16.2. The molecule has 0 aliphatic heterocycles. The summed E-state index contributed by atoms with van der Waals surface area (Å²) in [5, 5.41) is 0. The summed E-state index contributed by atoms with van der Waals surface area (Å²) in [6, 6.07) is 13.5. The second-order valence-electron chi connectivity index (χ2n) is 10.0. The van der Waals surface area contributed by atoms with Crippen molar-refractivity contribution >= 4 is 20.0 Å². The number of hydrogen-bond acceptors (Lipinski definition) is 4. The van der Waals surface area contributed by atoms with Gasteiger partial charge in [0, 0.05) is 12.1 Å². The van der Waals surface area contributed by atoms with Crippen LogP contribution in [-0.4, -0.2) is 28.9 Å². The lowest BCUT2D eigenvalue weighted by molar-refractivity contribution is 0.310. The van der Waals surface area contributed by atoms with Gasteiger partial charge >= 0.3 is 0 Å². The Labute approximate surface area is 204 Å². The van der Waals surface area contributed by atoms with Crippen LogP contribution in [0.5, 0.6) is 0 Å². The molecule has 0 amide bonds. The Morgan fingerprint density at radius 1 is 0.559 bits per heavy atom. The molecule has 2 aliphatic carbocycles. The summed E-state index contributed by atoms with van der Waals surface area (Å²) in [4.78, 5) is 0.498. The van der Waals surface area contributed by atoms with Crippen molar-refractivity contribution in [1.82, 2.24) is 9.44 Å². The predicted octanol–water partition coefficient (Wildman–Crippen LogP) is 5.07. The van der Waals surface area contributed by atoms with Crippen LogP contribution < -0.4 is 9.44 Å². The van der Waals surface area contributed by atoms with Gasteiger partial charge in [0.15, 0.2) is 0 Å². The Bertz CT molecular complexity index is 1080. The van der Waals surface area contributed by atoms with Gasteiger partial charge in [0.2, 0.25) is 20.0 Å². The standard InChI is InChI=1S/C26H36N2O4S2/c1-19-7-3-5-9-25(19)27-33(29,30)23-15-11-21(12-16-23)22-13-17-24(18-14-22)34(31,32)28-26-10-6-4-8-20(26)2/h11-20,25-28H,3-10H2,1-2H3/t19-,20+,25-,26-/m0/s1. The molecular weight excluding hydrogens is 468 g/mol. The van der Waals surface area contributed by atoms with Gasteiger partial charge in [0.25, 0.3) is 0 Å². The molecule has 0 heterocycles. The molecule has 2 N–H and O–H groups in total. The normalized spacial score (nSPS) is 26.3. The maximum absolute atomic E-state index is 12.9. The SMILES string of the molecule is C[C@@H]1CCCC[C@@H]1NS(=O)(=O)c1ccc(-c2ccc(S(=O)(=O)N[C@H]3CCCC[C@@H]3C)cc2)cc1. The minimum atomic E-state index is -3.57. The molecule has 0 saturated heterocycles. The summed E-state index contributed by atoms with van der Waals surface area (Å²) < 4.78 is 57.2. The van der Waals surface area contributed by atoms with Gasteiger partial charge in [-0.05, 0) is 72.9 Å². The van der Waals surface area contributed by atoms with Crippen molar-refractivity contribution in [2.75, 3.05) is 0 Å². The molecule has 0 bridgehead atoms. The Balaban J connectivity index is 1.44. The van der Waals surface area contributed by atoms with E-state index in [0.717, 1.165) is 62.5 Å². The van der Waals surface area contributed by atoms with Gasteiger partial charge in [-0.3, -0.25) is 0 Å². The van der Waals surface area contributed by atoms with Crippen molar-refractivity contribution < 1.29 is 16.8 Å². The highest BCUT2D eigenvalue weighted by atomic mass is 32.2. The first kappa shape index (κ1) is 25.4. The van der Waals surface area contributed by atoms with Crippen LogP contribution in [0.3, 0.4) is 0 Å². The first-order valence-electron chi connectivity index (χ1n) is 12.4. The largest absolute Gasteiger partial charge is 0.240 e. The van der Waals surface area contributed by atoms with Crippen molar-refractivity contribution in [3.63, 3.8) is 0 Å². The molecule has 0 aromatic heterocycles. The molecule has 0 spiro atoms. The minimum absolute atomic E-state index is 0.0156. The molecule has 34 heavy (non-hydrogen) atoms. The summed E-state index contributed by atoms with van der Waals surface area (Å²) >= 11 is 0. The summed E-state index contributed by atoms with van der Waals surface area (Å²) in [5.74, 6) is 0.682. The van der Waals surface area contributed by atoms with Gasteiger partial charge in [0.05, 0.1) is 9.79 Å². The van der Waals surface area contributed by atoms with E-state index in [1.807, 2.05) is 0 Å². The first-order valence-corrected chi connectivity index (χ1v) is 15.4. The van der Waals surface area contributed by atoms with Gasteiger partial charge in [-0.15, -0.1) is 0 Å². The fourth-order valence-electron chi connectivity index (χ4n) is 5.17. The lowest BCUT2D eigenvalue weighted by Gasteiger charge is -2.29. The van der Waals surface area contributed by atoms with Crippen LogP contribution in [-0.2, 0) is 20.0 Å². The highest BCUT2D eigenvalue weighted by molar-refractivity contribution is 7.89. The van der Waals surface area contributed by atoms with Crippen LogP contribution in [0.1, 0.15) is 65.2 Å². The zero-order valence-electron chi connectivity index (χ0n) is 20.0. The third-order valence-electron chi connectivity index (χ3n) is 7.50. The summed E-state index contributed by atoms with van der Waals surface area (Å²) in [6.45, 7) is 4.20. The Hall–Kier alpha value is -1.74. The fourth-order valence-corrected chi connectivity index (χ4v) is 7.93. The lowest BCUT2D eigenvalue weighted by atomic mass is 9.87. The van der Waals surface area contributed by atoms with Crippen LogP contribution in [0, 0.1) is 11.8 Å². The Kier molecular flexibility index (Phi) is 7.82. The van der Waals surface area contributed by atoms with Crippen molar-refractivity contribution in [3.05, 3.63) is 48.5 Å². The van der Waals surface area contributed by atoms with E-state index >= 15 is 0 Å². The van der Waals surface area contributed by atoms with E-state index in [-0.39, 0.29) is 21.9 Å². The smallest absolute Gasteiger partial charge is 0.208 e. The average Bonchev–Trinajstić information content (AvgIpc) is 2.82. The van der Waals surface area contributed by atoms with Crippen LogP contribution >= 0.6 is 0 Å². The van der Waals surface area contributed by atoms with Crippen molar-refractivity contribution in [3.8, 4) is 11.1 Å². The third-order valence-corrected chi connectivity index (χ3v) is 10.5. The van der Waals surface area contributed by atoms with E-state index in [1.54, 1.807) is 48.5 Å². The van der Waals surface area contributed by atoms with Crippen molar-refractivity contribution in [2.45, 2.75) is 87.1 Å². The molecule has 0 unspecified atom stereocenters. The maximum Gasteiger partial charge on any atom is 0.240 e. The minimum Gasteiger partial charge on any atom is -0.208 e. The quantitative estimate of drug-likeness (QED) is 0.551. The molecular formula is C26H36N2O4S2. The second kappa shape index (κ2) is 10.5. The lowest BCUT2D eigenvalue weighted by Crippen LogP contribution is -2.40. The highest BCUT2D eigenvalue weighted by Crippen LogP contribution is 2.28. The van der Waals surface area contributed by atoms with Crippen LogP contribution in [0.15, 0.2) is 58.3 Å². The third kappa shape index (κ3) is 5.90. The zero-order chi connectivity index (χ0) is 24.3. The molecule has 2 saturated carbocycles. The molecule has 4 rings (SSSR count). The van der Waals surface area contributed by atoms with Crippen molar-refractivity contribution in [2.24, 2.45) is 11.8 Å². The molecule has 6 nitrogen and oxygen atoms in total. The second-order valence-corrected chi connectivity index (χ2v) is 13.5. The fraction of sp³-hybridized carbons (Fsp3) is 0.538. The number of nitrogens with one attached hydrogen (secondary N) is 2. The van der Waals surface area contributed by atoms with E-state index in [1.165, 1.54) is 0 Å². The number of benzene rings is 2. The number of rotatable bonds is 7. The van der Waals surface area contributed by atoms with Crippen LogP contribution in [0.2, 0.25) is 0 Å². The number of hydrogen-bond donors (Lipinski definition) is 2. The molecule has 2 aliphatic rings. The van der Waals surface area contributed by atoms with Gasteiger partial charge in [-0.25, -0.2) is 26.3 Å². The average molecular weight is 505 g/mol. The van der Waals surface area contributed by atoms with Gasteiger partial charge in [0.1, 0.15) is 0 Å². The zero-order valence-corrected chi connectivity index (χ0v) is 21.7. The Morgan fingerprint density at radius 2 is 0.882 bits per heavy atom. The van der Waals surface area contributed by atoms with Gasteiger partial charge < -0.3 is 0 Å². The van der Waals surface area contributed by atoms with Crippen LogP contribution in [0.25, 0.3) is 11.1 Å². The molecule has 0 radical (unpaired) electrons. The van der Waals surface area contributed by atoms with Gasteiger partial charge in [-0.1, -0.05) is 63.8 Å². The number of sulfonamides is 2. The molecule has 2 fully saturated rings. The van der Waals surface area contributed by atoms with E-state index < -0.39 is 20.0 Å². The Morgan fingerprint density at radius 3 is 1.21 bits per heavy atom. The summed E-state index contributed by atoms with van der Waals surface area (Å²) in [7, 11) is -7.15. The molecule has 4 atom stereocenters. The molecule has 2 aromatic rings. The molecule has 2 aromatic carbocycles.